The molecule has 0 radical (unpaired) electrons. The van der Waals surface area contributed by atoms with Crippen LogP contribution in [0.25, 0.3) is 11.2 Å². The summed E-state index contributed by atoms with van der Waals surface area (Å²) in [4.78, 5) is 21.5. The Bertz CT molecular complexity index is 813. The van der Waals surface area contributed by atoms with Crippen LogP contribution in [0.3, 0.4) is 0 Å². The van der Waals surface area contributed by atoms with Crippen molar-refractivity contribution in [3.63, 3.8) is 0 Å². The van der Waals surface area contributed by atoms with Gasteiger partial charge < -0.3 is 4.74 Å². The van der Waals surface area contributed by atoms with Crippen LogP contribution in [0.4, 0.5) is 5.95 Å². The maximum atomic E-state index is 12.5. The number of fused-ring (bicyclic) bond motifs is 1. The van der Waals surface area contributed by atoms with Crippen molar-refractivity contribution in [2.24, 2.45) is 0 Å². The second kappa shape index (κ2) is 6.25. The average Bonchev–Trinajstić information content (AvgIpc) is 2.98. The first-order valence-electron chi connectivity index (χ1n) is 8.93. The van der Waals surface area contributed by atoms with Crippen molar-refractivity contribution in [1.29, 1.82) is 0 Å². The predicted molar refractivity (Wildman–Crippen MR) is 96.9 cm³/mol. The van der Waals surface area contributed by atoms with Crippen LogP contribution < -0.4 is 5.32 Å². The Morgan fingerprint density at radius 2 is 2.16 bits per heavy atom. The second-order valence-electron chi connectivity index (χ2n) is 7.66. The van der Waals surface area contributed by atoms with Crippen molar-refractivity contribution >= 4 is 34.6 Å². The van der Waals surface area contributed by atoms with Crippen LogP contribution in [0.5, 0.6) is 0 Å². The van der Waals surface area contributed by atoms with Gasteiger partial charge in [-0.2, -0.15) is 0 Å². The van der Waals surface area contributed by atoms with E-state index in [0.717, 1.165) is 36.8 Å². The average molecular weight is 363 g/mol. The first-order valence-corrected chi connectivity index (χ1v) is 9.31. The van der Waals surface area contributed by atoms with Gasteiger partial charge in [0.05, 0.1) is 18.1 Å². The molecule has 1 aliphatic carbocycles. The number of carbonyl (C=O) groups excluding carboxylic acids is 1. The SMILES string of the molecule is CC1(C)CC[C@H](CC(=O)Nc2nc3ccc(Cl)nc3n2C2CCC2)O1. The monoisotopic (exact) mass is 362 g/mol. The normalized spacial score (nSPS) is 22.9. The molecule has 2 aliphatic rings. The number of ether oxygens (including phenoxy) is 1. The van der Waals surface area contributed by atoms with E-state index >= 15 is 0 Å². The van der Waals surface area contributed by atoms with Crippen molar-refractivity contribution in [1.82, 2.24) is 14.5 Å². The number of hydrogen-bond donors (Lipinski definition) is 1. The van der Waals surface area contributed by atoms with E-state index in [4.69, 9.17) is 16.3 Å². The number of rotatable bonds is 4. The fourth-order valence-electron chi connectivity index (χ4n) is 3.63. The Morgan fingerprint density at radius 3 is 2.80 bits per heavy atom. The summed E-state index contributed by atoms with van der Waals surface area (Å²) in [6.07, 6.45) is 5.55. The van der Waals surface area contributed by atoms with Gasteiger partial charge in [0.2, 0.25) is 11.9 Å². The molecule has 1 aliphatic heterocycles. The summed E-state index contributed by atoms with van der Waals surface area (Å²) in [6, 6.07) is 3.90. The summed E-state index contributed by atoms with van der Waals surface area (Å²) in [5.74, 6) is 0.501. The minimum absolute atomic E-state index is 0.0240. The van der Waals surface area contributed by atoms with E-state index < -0.39 is 0 Å². The number of anilines is 1. The first-order chi connectivity index (χ1) is 11.9. The zero-order valence-electron chi connectivity index (χ0n) is 14.6. The Balaban J connectivity index is 1.55. The third kappa shape index (κ3) is 3.37. The molecule has 1 atom stereocenters. The summed E-state index contributed by atoms with van der Waals surface area (Å²) < 4.78 is 7.95. The molecule has 134 valence electrons. The maximum absolute atomic E-state index is 12.5. The minimum Gasteiger partial charge on any atom is -0.372 e. The molecule has 25 heavy (non-hydrogen) atoms. The van der Waals surface area contributed by atoms with Gasteiger partial charge in [0, 0.05) is 6.04 Å². The van der Waals surface area contributed by atoms with Gasteiger partial charge in [-0.3, -0.25) is 14.7 Å². The van der Waals surface area contributed by atoms with Gasteiger partial charge in [-0.25, -0.2) is 9.97 Å². The summed E-state index contributed by atoms with van der Waals surface area (Å²) in [7, 11) is 0. The summed E-state index contributed by atoms with van der Waals surface area (Å²) in [5.41, 5.74) is 1.36. The zero-order valence-corrected chi connectivity index (χ0v) is 15.3. The van der Waals surface area contributed by atoms with Gasteiger partial charge in [0.15, 0.2) is 5.65 Å². The van der Waals surface area contributed by atoms with Crippen LogP contribution in [0.2, 0.25) is 5.15 Å². The number of imidazole rings is 1. The van der Waals surface area contributed by atoms with E-state index in [0.29, 0.717) is 23.6 Å². The van der Waals surface area contributed by atoms with Gasteiger partial charge >= 0.3 is 0 Å². The third-order valence-corrected chi connectivity index (χ3v) is 5.37. The molecule has 1 amide bonds. The van der Waals surface area contributed by atoms with E-state index in [1.165, 1.54) is 6.42 Å². The summed E-state index contributed by atoms with van der Waals surface area (Å²) in [5, 5.41) is 3.41. The zero-order chi connectivity index (χ0) is 17.6. The lowest BCUT2D eigenvalue weighted by Gasteiger charge is -2.28. The predicted octanol–water partition coefficient (Wildman–Crippen LogP) is 4.10. The van der Waals surface area contributed by atoms with Gasteiger partial charge in [-0.1, -0.05) is 11.6 Å². The summed E-state index contributed by atoms with van der Waals surface area (Å²) in [6.45, 7) is 4.13. The number of halogens is 1. The van der Waals surface area contributed by atoms with Gasteiger partial charge in [-0.15, -0.1) is 0 Å². The van der Waals surface area contributed by atoms with E-state index in [1.807, 2.05) is 10.6 Å². The number of pyridine rings is 1. The highest BCUT2D eigenvalue weighted by Crippen LogP contribution is 2.37. The largest absolute Gasteiger partial charge is 0.372 e. The van der Waals surface area contributed by atoms with Crippen LogP contribution in [-0.4, -0.2) is 32.1 Å². The van der Waals surface area contributed by atoms with Crippen LogP contribution in [0.1, 0.15) is 58.4 Å². The van der Waals surface area contributed by atoms with Gasteiger partial charge in [0.1, 0.15) is 10.7 Å². The Labute approximate surface area is 151 Å². The molecule has 6 nitrogen and oxygen atoms in total. The molecule has 0 aromatic carbocycles. The number of amides is 1. The van der Waals surface area contributed by atoms with Gasteiger partial charge in [0.25, 0.3) is 0 Å². The fourth-order valence-corrected chi connectivity index (χ4v) is 3.78. The topological polar surface area (TPSA) is 69.0 Å². The fraction of sp³-hybridized carbons (Fsp3) is 0.611. The lowest BCUT2D eigenvalue weighted by Crippen LogP contribution is -2.26. The Morgan fingerprint density at radius 1 is 1.36 bits per heavy atom. The molecule has 1 N–H and O–H groups in total. The maximum Gasteiger partial charge on any atom is 0.229 e. The number of nitrogens with one attached hydrogen (secondary N) is 1. The van der Waals surface area contributed by atoms with Crippen molar-refractivity contribution in [2.75, 3.05) is 5.32 Å². The van der Waals surface area contributed by atoms with Crippen molar-refractivity contribution in [2.45, 2.75) is 70.1 Å². The molecule has 2 fully saturated rings. The lowest BCUT2D eigenvalue weighted by atomic mass is 9.93. The molecule has 3 heterocycles. The quantitative estimate of drug-likeness (QED) is 0.831. The highest BCUT2D eigenvalue weighted by atomic mass is 35.5. The van der Waals surface area contributed by atoms with Crippen molar-refractivity contribution in [3.8, 4) is 0 Å². The van der Waals surface area contributed by atoms with E-state index in [9.17, 15) is 4.79 Å². The Hall–Kier alpha value is -1.66. The van der Waals surface area contributed by atoms with Crippen LogP contribution in [0.15, 0.2) is 12.1 Å². The molecule has 4 rings (SSSR count). The second-order valence-corrected chi connectivity index (χ2v) is 8.04. The highest BCUT2D eigenvalue weighted by Gasteiger charge is 2.33. The molecule has 0 bridgehead atoms. The molecule has 0 spiro atoms. The van der Waals surface area contributed by atoms with E-state index in [2.05, 4.69) is 29.1 Å². The smallest absolute Gasteiger partial charge is 0.229 e. The van der Waals surface area contributed by atoms with Gasteiger partial charge in [-0.05, 0) is 58.1 Å². The van der Waals surface area contributed by atoms with Crippen LogP contribution in [0, 0.1) is 0 Å². The molecule has 0 unspecified atom stereocenters. The molecule has 1 saturated carbocycles. The van der Waals surface area contributed by atoms with Crippen molar-refractivity contribution in [3.05, 3.63) is 17.3 Å². The first kappa shape index (κ1) is 16.8. The highest BCUT2D eigenvalue weighted by molar-refractivity contribution is 6.29. The lowest BCUT2D eigenvalue weighted by molar-refractivity contribution is -0.119. The molecule has 7 heteroatoms. The molecule has 1 saturated heterocycles. The van der Waals surface area contributed by atoms with E-state index in [-0.39, 0.29) is 17.6 Å². The molecular weight excluding hydrogens is 340 g/mol. The standard InChI is InChI=1S/C18H23ClN4O2/c1-18(2)9-8-12(25-18)10-15(24)22-17-20-13-6-7-14(19)21-16(13)23(17)11-4-3-5-11/h6-7,11-12H,3-5,8-10H2,1-2H3,(H,20,22,24)/t12-/m1/s1. The molecule has 2 aromatic rings. The Kier molecular flexibility index (Phi) is 4.20. The minimum atomic E-state index is -0.134. The number of carbonyl (C=O) groups is 1. The van der Waals surface area contributed by atoms with E-state index in [1.54, 1.807) is 6.07 Å². The van der Waals surface area contributed by atoms with Crippen LogP contribution >= 0.6 is 11.6 Å². The summed E-state index contributed by atoms with van der Waals surface area (Å²) >= 11 is 6.06. The number of hydrogen-bond acceptors (Lipinski definition) is 4. The number of aromatic nitrogens is 3. The number of nitrogens with zero attached hydrogens (tertiary/aromatic N) is 3. The molecule has 2 aromatic heterocycles. The van der Waals surface area contributed by atoms with Crippen LogP contribution in [-0.2, 0) is 9.53 Å². The van der Waals surface area contributed by atoms with Crippen molar-refractivity contribution < 1.29 is 9.53 Å². The third-order valence-electron chi connectivity index (χ3n) is 5.16. The molecular formula is C18H23ClN4O2.